The van der Waals surface area contributed by atoms with Crippen LogP contribution in [0.15, 0.2) is 54.6 Å². The molecule has 0 saturated carbocycles. The van der Waals surface area contributed by atoms with Gasteiger partial charge < -0.3 is 14.4 Å². The van der Waals surface area contributed by atoms with Crippen LogP contribution in [0.1, 0.15) is 43.4 Å². The number of nitrogens with zero attached hydrogens (tertiary/aromatic N) is 1. The summed E-state index contributed by atoms with van der Waals surface area (Å²) in [6.45, 7) is 4.01. The summed E-state index contributed by atoms with van der Waals surface area (Å²) in [6, 6.07) is 16.4. The van der Waals surface area contributed by atoms with Crippen LogP contribution in [0.2, 0.25) is 0 Å². The average Bonchev–Trinajstić information content (AvgIpc) is 3.05. The minimum absolute atomic E-state index is 0.0368. The largest absolute Gasteiger partial charge is 0.497 e. The van der Waals surface area contributed by atoms with Crippen molar-refractivity contribution in [3.8, 4) is 5.75 Å². The lowest BCUT2D eigenvalue weighted by molar-refractivity contribution is -0.153. The maximum absolute atomic E-state index is 12.9. The molecule has 1 fully saturated rings. The average molecular weight is 367 g/mol. The highest BCUT2D eigenvalue weighted by molar-refractivity contribution is 5.90. The maximum Gasteiger partial charge on any atom is 0.329 e. The predicted molar refractivity (Wildman–Crippen MR) is 102 cm³/mol. The summed E-state index contributed by atoms with van der Waals surface area (Å²) in [4.78, 5) is 27.4. The van der Waals surface area contributed by atoms with Crippen LogP contribution in [0.3, 0.4) is 0 Å². The fourth-order valence-electron chi connectivity index (χ4n) is 3.76. The SMILES string of the molecule is CCOC(=O)[C@H]1[C@@H](c2ccccc2)CC(=O)N1C(C)c1ccc(OC)cc1. The standard InChI is InChI=1S/C22H25NO4/c1-4-27-22(25)21-19(17-8-6-5-7-9-17)14-20(24)23(21)15(2)16-10-12-18(26-3)13-11-16/h5-13,15,19,21H,4,14H2,1-3H3/t15?,19-,21-/m1/s1. The molecule has 1 amide bonds. The van der Waals surface area contributed by atoms with E-state index < -0.39 is 6.04 Å². The summed E-state index contributed by atoms with van der Waals surface area (Å²) in [5.41, 5.74) is 1.93. The normalized spacial score (nSPS) is 20.4. The van der Waals surface area contributed by atoms with Gasteiger partial charge in [0.1, 0.15) is 11.8 Å². The second-order valence-corrected chi connectivity index (χ2v) is 6.67. The first-order valence-electron chi connectivity index (χ1n) is 9.23. The highest BCUT2D eigenvalue weighted by Gasteiger charge is 2.47. The van der Waals surface area contributed by atoms with Gasteiger partial charge in [0.2, 0.25) is 5.91 Å². The molecule has 0 N–H and O–H groups in total. The Morgan fingerprint density at radius 2 is 1.81 bits per heavy atom. The highest BCUT2D eigenvalue weighted by atomic mass is 16.5. The zero-order valence-electron chi connectivity index (χ0n) is 15.9. The van der Waals surface area contributed by atoms with Crippen molar-refractivity contribution in [3.05, 3.63) is 65.7 Å². The minimum Gasteiger partial charge on any atom is -0.497 e. The molecule has 1 saturated heterocycles. The predicted octanol–water partition coefficient (Wildman–Crippen LogP) is 3.70. The van der Waals surface area contributed by atoms with Crippen LogP contribution in [-0.2, 0) is 14.3 Å². The van der Waals surface area contributed by atoms with Gasteiger partial charge in [-0.1, -0.05) is 42.5 Å². The molecule has 0 spiro atoms. The fraction of sp³-hybridized carbons (Fsp3) is 0.364. The van der Waals surface area contributed by atoms with Crippen LogP contribution in [0.4, 0.5) is 0 Å². The third-order valence-corrected chi connectivity index (χ3v) is 5.13. The Labute approximate surface area is 159 Å². The van der Waals surface area contributed by atoms with E-state index in [4.69, 9.17) is 9.47 Å². The van der Waals surface area contributed by atoms with E-state index in [2.05, 4.69) is 0 Å². The van der Waals surface area contributed by atoms with E-state index in [9.17, 15) is 9.59 Å². The Morgan fingerprint density at radius 3 is 2.41 bits per heavy atom. The molecule has 0 radical (unpaired) electrons. The van der Waals surface area contributed by atoms with Gasteiger partial charge in [0.05, 0.1) is 19.8 Å². The van der Waals surface area contributed by atoms with Crippen LogP contribution in [0, 0.1) is 0 Å². The van der Waals surface area contributed by atoms with Crippen molar-refractivity contribution >= 4 is 11.9 Å². The van der Waals surface area contributed by atoms with Crippen molar-refractivity contribution in [2.75, 3.05) is 13.7 Å². The summed E-state index contributed by atoms with van der Waals surface area (Å²) in [5.74, 6) is 0.157. The van der Waals surface area contributed by atoms with Gasteiger partial charge in [-0.15, -0.1) is 0 Å². The monoisotopic (exact) mass is 367 g/mol. The lowest BCUT2D eigenvalue weighted by Crippen LogP contribution is -2.43. The van der Waals surface area contributed by atoms with Gasteiger partial charge in [0.15, 0.2) is 0 Å². The summed E-state index contributed by atoms with van der Waals surface area (Å²) in [5, 5.41) is 0. The molecule has 2 aromatic rings. The second kappa shape index (κ2) is 8.25. The molecule has 3 atom stereocenters. The molecule has 5 heteroatoms. The number of carbonyl (C=O) groups excluding carboxylic acids is 2. The molecule has 2 aromatic carbocycles. The summed E-state index contributed by atoms with van der Waals surface area (Å²) >= 11 is 0. The number of hydrogen-bond acceptors (Lipinski definition) is 4. The van der Waals surface area contributed by atoms with Gasteiger partial charge >= 0.3 is 5.97 Å². The molecule has 1 aliphatic rings. The minimum atomic E-state index is -0.628. The smallest absolute Gasteiger partial charge is 0.329 e. The van der Waals surface area contributed by atoms with E-state index in [1.807, 2.05) is 61.5 Å². The molecule has 1 heterocycles. The molecule has 27 heavy (non-hydrogen) atoms. The Hall–Kier alpha value is -2.82. The Bertz CT molecular complexity index is 788. The second-order valence-electron chi connectivity index (χ2n) is 6.67. The van der Waals surface area contributed by atoms with E-state index in [0.29, 0.717) is 6.42 Å². The number of ether oxygens (including phenoxy) is 2. The van der Waals surface area contributed by atoms with Crippen molar-refractivity contribution in [3.63, 3.8) is 0 Å². The Morgan fingerprint density at radius 1 is 1.15 bits per heavy atom. The van der Waals surface area contributed by atoms with Crippen LogP contribution in [0.5, 0.6) is 5.75 Å². The summed E-state index contributed by atoms with van der Waals surface area (Å²) in [6.07, 6.45) is 0.300. The fourth-order valence-corrected chi connectivity index (χ4v) is 3.76. The van der Waals surface area contributed by atoms with Crippen molar-refractivity contribution in [2.45, 2.75) is 38.3 Å². The van der Waals surface area contributed by atoms with Crippen molar-refractivity contribution in [2.24, 2.45) is 0 Å². The van der Waals surface area contributed by atoms with E-state index in [1.165, 1.54) is 0 Å². The molecular formula is C22H25NO4. The molecule has 142 valence electrons. The molecule has 0 bridgehead atoms. The summed E-state index contributed by atoms with van der Waals surface area (Å²) in [7, 11) is 1.61. The van der Waals surface area contributed by atoms with Crippen molar-refractivity contribution in [1.82, 2.24) is 4.90 Å². The van der Waals surface area contributed by atoms with Crippen LogP contribution in [-0.4, -0.2) is 36.5 Å². The van der Waals surface area contributed by atoms with Crippen LogP contribution in [0.25, 0.3) is 0 Å². The number of amides is 1. The highest BCUT2D eigenvalue weighted by Crippen LogP contribution is 2.40. The number of esters is 1. The lowest BCUT2D eigenvalue weighted by atomic mass is 9.91. The third kappa shape index (κ3) is 3.82. The number of likely N-dealkylation sites (tertiary alicyclic amines) is 1. The number of benzene rings is 2. The van der Waals surface area contributed by atoms with Crippen molar-refractivity contribution in [1.29, 1.82) is 0 Å². The van der Waals surface area contributed by atoms with Crippen LogP contribution >= 0.6 is 0 Å². The van der Waals surface area contributed by atoms with Gasteiger partial charge in [0.25, 0.3) is 0 Å². The molecular weight excluding hydrogens is 342 g/mol. The van der Waals surface area contributed by atoms with E-state index in [0.717, 1.165) is 16.9 Å². The third-order valence-electron chi connectivity index (χ3n) is 5.13. The first kappa shape index (κ1) is 19.0. The van der Waals surface area contributed by atoms with Gasteiger partial charge in [-0.2, -0.15) is 0 Å². The number of hydrogen-bond donors (Lipinski definition) is 0. The van der Waals surface area contributed by atoms with Crippen molar-refractivity contribution < 1.29 is 19.1 Å². The van der Waals surface area contributed by atoms with Gasteiger partial charge in [-0.25, -0.2) is 4.79 Å². The Balaban J connectivity index is 1.95. The first-order valence-corrected chi connectivity index (χ1v) is 9.23. The van der Waals surface area contributed by atoms with E-state index >= 15 is 0 Å². The van der Waals surface area contributed by atoms with Gasteiger partial charge in [-0.05, 0) is 37.1 Å². The molecule has 3 rings (SSSR count). The molecule has 0 aliphatic carbocycles. The number of rotatable bonds is 6. The number of methoxy groups -OCH3 is 1. The molecule has 0 aromatic heterocycles. The van der Waals surface area contributed by atoms with Gasteiger partial charge in [0, 0.05) is 12.3 Å². The maximum atomic E-state index is 12.9. The zero-order valence-corrected chi connectivity index (χ0v) is 15.9. The Kier molecular flexibility index (Phi) is 5.79. The number of carbonyl (C=O) groups is 2. The molecule has 1 aliphatic heterocycles. The zero-order chi connectivity index (χ0) is 19.4. The topological polar surface area (TPSA) is 55.8 Å². The van der Waals surface area contributed by atoms with Gasteiger partial charge in [-0.3, -0.25) is 4.79 Å². The molecule has 1 unspecified atom stereocenters. The first-order chi connectivity index (χ1) is 13.1. The van der Waals surface area contributed by atoms with E-state index in [-0.39, 0.29) is 30.4 Å². The lowest BCUT2D eigenvalue weighted by Gasteiger charge is -2.32. The molecule has 5 nitrogen and oxygen atoms in total. The summed E-state index contributed by atoms with van der Waals surface area (Å²) < 4.78 is 10.5. The van der Waals surface area contributed by atoms with Crippen LogP contribution < -0.4 is 4.74 Å². The van der Waals surface area contributed by atoms with E-state index in [1.54, 1.807) is 18.9 Å². The quantitative estimate of drug-likeness (QED) is 0.731.